The van der Waals surface area contributed by atoms with Crippen molar-refractivity contribution in [3.8, 4) is 17.2 Å². The van der Waals surface area contributed by atoms with Gasteiger partial charge in [-0.1, -0.05) is 12.1 Å². The lowest BCUT2D eigenvalue weighted by Crippen LogP contribution is -1.96. The van der Waals surface area contributed by atoms with Crippen LogP contribution in [0.15, 0.2) is 40.8 Å². The minimum Gasteiger partial charge on any atom is -0.496 e. The summed E-state index contributed by atoms with van der Waals surface area (Å²) in [5.74, 6) is 0.0761. The molecule has 3 aromatic rings. The summed E-state index contributed by atoms with van der Waals surface area (Å²) in [4.78, 5) is 15.5. The van der Waals surface area contributed by atoms with Gasteiger partial charge in [-0.25, -0.2) is 9.78 Å². The number of aromatic carboxylic acids is 1. The van der Waals surface area contributed by atoms with E-state index >= 15 is 0 Å². The maximum Gasteiger partial charge on any atom is 0.338 e. The summed E-state index contributed by atoms with van der Waals surface area (Å²) < 4.78 is 10.9. The molecular weight excluding hydrogens is 270 g/mol. The number of aromatic nitrogens is 1. The van der Waals surface area contributed by atoms with Gasteiger partial charge in [0, 0.05) is 5.56 Å². The molecule has 0 aliphatic heterocycles. The van der Waals surface area contributed by atoms with Crippen LogP contribution >= 0.6 is 0 Å². The van der Waals surface area contributed by atoms with E-state index in [0.29, 0.717) is 17.0 Å². The van der Waals surface area contributed by atoms with Gasteiger partial charge in [0.25, 0.3) is 0 Å². The molecule has 0 atom stereocenters. The largest absolute Gasteiger partial charge is 0.496 e. The molecule has 0 saturated carbocycles. The monoisotopic (exact) mass is 283 g/mol. The number of hydrogen-bond acceptors (Lipinski definition) is 4. The van der Waals surface area contributed by atoms with Crippen LogP contribution < -0.4 is 4.74 Å². The summed E-state index contributed by atoms with van der Waals surface area (Å²) in [6.45, 7) is 1.94. The van der Waals surface area contributed by atoms with Crippen LogP contribution in [0.4, 0.5) is 0 Å². The van der Waals surface area contributed by atoms with Crippen molar-refractivity contribution in [2.24, 2.45) is 0 Å². The number of carboxylic acid groups (broad SMARTS) is 1. The molecule has 0 fully saturated rings. The molecule has 0 spiro atoms. The van der Waals surface area contributed by atoms with Gasteiger partial charge in [-0.05, 0) is 36.8 Å². The van der Waals surface area contributed by atoms with Crippen LogP contribution in [0.3, 0.4) is 0 Å². The maximum absolute atomic E-state index is 11.2. The van der Waals surface area contributed by atoms with Gasteiger partial charge in [0.2, 0.25) is 5.89 Å². The van der Waals surface area contributed by atoms with Crippen LogP contribution in [0.1, 0.15) is 15.9 Å². The lowest BCUT2D eigenvalue weighted by Gasteiger charge is -2.05. The zero-order valence-electron chi connectivity index (χ0n) is 11.6. The zero-order chi connectivity index (χ0) is 15.0. The number of aryl methyl sites for hydroxylation is 1. The Morgan fingerprint density at radius 2 is 2.10 bits per heavy atom. The molecule has 1 aromatic heterocycles. The SMILES string of the molecule is COc1cc(-c2nc3c(C(=O)O)cccc3o2)ccc1C. The van der Waals surface area contributed by atoms with Gasteiger partial charge >= 0.3 is 5.97 Å². The van der Waals surface area contributed by atoms with Crippen LogP contribution in [0.5, 0.6) is 5.75 Å². The molecule has 0 bridgehead atoms. The number of oxazole rings is 1. The quantitative estimate of drug-likeness (QED) is 0.796. The molecular formula is C16H13NO4. The van der Waals surface area contributed by atoms with E-state index in [4.69, 9.17) is 9.15 Å². The van der Waals surface area contributed by atoms with Crippen LogP contribution in [-0.2, 0) is 0 Å². The van der Waals surface area contributed by atoms with E-state index < -0.39 is 5.97 Å². The molecule has 0 aliphatic carbocycles. The van der Waals surface area contributed by atoms with Crippen molar-refractivity contribution in [1.29, 1.82) is 0 Å². The number of para-hydroxylation sites is 1. The Hall–Kier alpha value is -2.82. The first-order chi connectivity index (χ1) is 10.1. The highest BCUT2D eigenvalue weighted by atomic mass is 16.5. The number of hydrogen-bond donors (Lipinski definition) is 1. The van der Waals surface area contributed by atoms with Gasteiger partial charge in [0.05, 0.1) is 12.7 Å². The third-order valence-corrected chi connectivity index (χ3v) is 3.30. The molecule has 1 N–H and O–H groups in total. The zero-order valence-corrected chi connectivity index (χ0v) is 11.6. The third kappa shape index (κ3) is 2.23. The van der Waals surface area contributed by atoms with Crippen molar-refractivity contribution in [2.45, 2.75) is 6.92 Å². The predicted molar refractivity (Wildman–Crippen MR) is 77.7 cm³/mol. The Bertz CT molecular complexity index is 835. The first-order valence-corrected chi connectivity index (χ1v) is 6.38. The van der Waals surface area contributed by atoms with Crippen molar-refractivity contribution in [3.63, 3.8) is 0 Å². The van der Waals surface area contributed by atoms with Crippen LogP contribution in [0, 0.1) is 6.92 Å². The van der Waals surface area contributed by atoms with E-state index in [2.05, 4.69) is 4.98 Å². The minimum absolute atomic E-state index is 0.126. The van der Waals surface area contributed by atoms with E-state index in [1.807, 2.05) is 25.1 Å². The highest BCUT2D eigenvalue weighted by Gasteiger charge is 2.15. The number of carboxylic acids is 1. The Morgan fingerprint density at radius 1 is 1.29 bits per heavy atom. The summed E-state index contributed by atoms with van der Waals surface area (Å²) in [6.07, 6.45) is 0. The lowest BCUT2D eigenvalue weighted by atomic mass is 10.1. The lowest BCUT2D eigenvalue weighted by molar-refractivity contribution is 0.0699. The maximum atomic E-state index is 11.2. The second-order valence-electron chi connectivity index (χ2n) is 4.66. The summed E-state index contributed by atoms with van der Waals surface area (Å²) in [6, 6.07) is 10.4. The molecule has 5 nitrogen and oxygen atoms in total. The fraction of sp³-hybridized carbons (Fsp3) is 0.125. The fourth-order valence-electron chi connectivity index (χ4n) is 2.20. The van der Waals surface area contributed by atoms with Crippen LogP contribution in [-0.4, -0.2) is 23.2 Å². The second kappa shape index (κ2) is 4.94. The van der Waals surface area contributed by atoms with E-state index in [1.165, 1.54) is 6.07 Å². The number of ether oxygens (including phenoxy) is 1. The second-order valence-corrected chi connectivity index (χ2v) is 4.66. The van der Waals surface area contributed by atoms with E-state index in [9.17, 15) is 9.90 Å². The number of benzene rings is 2. The van der Waals surface area contributed by atoms with Crippen molar-refractivity contribution in [3.05, 3.63) is 47.5 Å². The Balaban J connectivity index is 2.17. The van der Waals surface area contributed by atoms with E-state index in [0.717, 1.165) is 16.9 Å². The molecule has 0 aliphatic rings. The predicted octanol–water partition coefficient (Wildman–Crippen LogP) is 3.51. The fourth-order valence-corrected chi connectivity index (χ4v) is 2.20. The van der Waals surface area contributed by atoms with Crippen molar-refractivity contribution < 1.29 is 19.1 Å². The minimum atomic E-state index is -1.03. The number of carbonyl (C=O) groups is 1. The molecule has 21 heavy (non-hydrogen) atoms. The van der Waals surface area contributed by atoms with Crippen molar-refractivity contribution in [2.75, 3.05) is 7.11 Å². The molecule has 0 unspecified atom stereocenters. The molecule has 0 saturated heterocycles. The number of fused-ring (bicyclic) bond motifs is 1. The molecule has 0 amide bonds. The Labute approximate surface area is 120 Å². The Kier molecular flexibility index (Phi) is 3.10. The van der Waals surface area contributed by atoms with Crippen molar-refractivity contribution in [1.82, 2.24) is 4.98 Å². The number of nitrogens with zero attached hydrogens (tertiary/aromatic N) is 1. The first-order valence-electron chi connectivity index (χ1n) is 6.38. The standard InChI is InChI=1S/C16H13NO4/c1-9-6-7-10(8-13(9)20-2)15-17-14-11(16(18)19)4-3-5-12(14)21-15/h3-8H,1-2H3,(H,18,19). The Morgan fingerprint density at radius 3 is 2.81 bits per heavy atom. The third-order valence-electron chi connectivity index (χ3n) is 3.30. The molecule has 2 aromatic carbocycles. The normalized spacial score (nSPS) is 10.8. The van der Waals surface area contributed by atoms with Gasteiger partial charge in [0.15, 0.2) is 5.58 Å². The van der Waals surface area contributed by atoms with Gasteiger partial charge in [-0.2, -0.15) is 0 Å². The number of rotatable bonds is 3. The molecule has 5 heteroatoms. The summed E-state index contributed by atoms with van der Waals surface area (Å²) in [7, 11) is 1.60. The number of methoxy groups -OCH3 is 1. The average Bonchev–Trinajstić information content (AvgIpc) is 2.91. The van der Waals surface area contributed by atoms with Gasteiger partial charge in [0.1, 0.15) is 11.3 Å². The van der Waals surface area contributed by atoms with Crippen LogP contribution in [0.25, 0.3) is 22.6 Å². The average molecular weight is 283 g/mol. The van der Waals surface area contributed by atoms with Crippen LogP contribution in [0.2, 0.25) is 0 Å². The highest BCUT2D eigenvalue weighted by Crippen LogP contribution is 2.29. The summed E-state index contributed by atoms with van der Waals surface area (Å²) in [5.41, 5.74) is 2.67. The van der Waals surface area contributed by atoms with E-state index in [-0.39, 0.29) is 5.56 Å². The van der Waals surface area contributed by atoms with E-state index in [1.54, 1.807) is 19.2 Å². The first kappa shape index (κ1) is 13.2. The summed E-state index contributed by atoms with van der Waals surface area (Å²) in [5, 5.41) is 9.18. The van der Waals surface area contributed by atoms with Gasteiger partial charge < -0.3 is 14.3 Å². The van der Waals surface area contributed by atoms with Crippen molar-refractivity contribution >= 4 is 17.1 Å². The molecule has 106 valence electrons. The summed E-state index contributed by atoms with van der Waals surface area (Å²) >= 11 is 0. The molecule has 3 rings (SSSR count). The molecule has 0 radical (unpaired) electrons. The topological polar surface area (TPSA) is 72.6 Å². The van der Waals surface area contributed by atoms with Gasteiger partial charge in [-0.3, -0.25) is 0 Å². The smallest absolute Gasteiger partial charge is 0.338 e. The highest BCUT2D eigenvalue weighted by molar-refractivity contribution is 6.00. The van der Waals surface area contributed by atoms with Gasteiger partial charge in [-0.15, -0.1) is 0 Å². The molecule has 1 heterocycles.